The minimum atomic E-state index is -0.173. The SMILES string of the molecule is C=CCn1c(=O)c2cnc(Nc3ccc(N4CC5CC6(C)CC(C4)N56)cc3)nc2n1-c1cccc(N2CCNCC2)n1. The maximum atomic E-state index is 13.4. The van der Waals surface area contributed by atoms with E-state index in [1.807, 2.05) is 18.2 Å². The van der Waals surface area contributed by atoms with Gasteiger partial charge in [-0.2, -0.15) is 4.98 Å². The molecule has 1 aromatic carbocycles. The zero-order valence-electron chi connectivity index (χ0n) is 23.9. The molecule has 4 saturated heterocycles. The first-order chi connectivity index (χ1) is 20.5. The average Bonchev–Trinajstić information content (AvgIpc) is 3.27. The van der Waals surface area contributed by atoms with Crippen molar-refractivity contribution in [3.8, 4) is 5.82 Å². The first-order valence-corrected chi connectivity index (χ1v) is 14.9. The van der Waals surface area contributed by atoms with E-state index in [2.05, 4.69) is 68.1 Å². The number of allylic oxidation sites excluding steroid dienone is 1. The Morgan fingerprint density at radius 3 is 2.48 bits per heavy atom. The van der Waals surface area contributed by atoms with Crippen LogP contribution in [0, 0.1) is 0 Å². The van der Waals surface area contributed by atoms with Crippen LogP contribution in [0.15, 0.2) is 66.1 Å². The second kappa shape index (κ2) is 9.67. The predicted molar refractivity (Wildman–Crippen MR) is 165 cm³/mol. The van der Waals surface area contributed by atoms with Crippen molar-refractivity contribution in [1.29, 1.82) is 0 Å². The summed E-state index contributed by atoms with van der Waals surface area (Å²) in [5, 5.41) is 7.17. The molecule has 2 atom stereocenters. The minimum absolute atomic E-state index is 0.173. The number of nitrogens with zero attached hydrogens (tertiary/aromatic N) is 8. The maximum Gasteiger partial charge on any atom is 0.278 e. The third-order valence-corrected chi connectivity index (χ3v) is 9.47. The van der Waals surface area contributed by atoms with Gasteiger partial charge in [-0.15, -0.1) is 6.58 Å². The lowest BCUT2D eigenvalue weighted by Crippen LogP contribution is -2.83. The van der Waals surface area contributed by atoms with Gasteiger partial charge in [0.05, 0.1) is 6.54 Å². The molecule has 0 bridgehead atoms. The van der Waals surface area contributed by atoms with E-state index in [0.717, 1.165) is 50.8 Å². The zero-order valence-corrected chi connectivity index (χ0v) is 23.9. The van der Waals surface area contributed by atoms with E-state index in [0.29, 0.717) is 47.0 Å². The van der Waals surface area contributed by atoms with E-state index in [4.69, 9.17) is 9.97 Å². The molecule has 2 unspecified atom stereocenters. The van der Waals surface area contributed by atoms with Gasteiger partial charge in [0.15, 0.2) is 11.5 Å². The van der Waals surface area contributed by atoms with Crippen LogP contribution < -0.4 is 26.0 Å². The number of aromatic nitrogens is 5. The fraction of sp³-hybridized carbons (Fsp3) is 0.419. The normalized spacial score (nSPS) is 25.1. The summed E-state index contributed by atoms with van der Waals surface area (Å²) in [5.74, 6) is 1.94. The Kier molecular flexibility index (Phi) is 5.87. The summed E-state index contributed by atoms with van der Waals surface area (Å²) in [7, 11) is 0. The van der Waals surface area contributed by atoms with Crippen LogP contribution in [0.2, 0.25) is 0 Å². The van der Waals surface area contributed by atoms with Crippen LogP contribution in [0.4, 0.5) is 23.1 Å². The molecule has 0 radical (unpaired) electrons. The average molecular weight is 565 g/mol. The fourth-order valence-corrected chi connectivity index (χ4v) is 7.65. The molecule has 8 rings (SSSR count). The van der Waals surface area contributed by atoms with Gasteiger partial charge in [-0.05, 0) is 56.2 Å². The quantitative estimate of drug-likeness (QED) is 0.328. The Bertz CT molecular complexity index is 1700. The molecular formula is C31H36N10O. The molecule has 0 amide bonds. The van der Waals surface area contributed by atoms with E-state index in [-0.39, 0.29) is 5.56 Å². The molecule has 3 aromatic heterocycles. The number of rotatable bonds is 7. The van der Waals surface area contributed by atoms with Crippen molar-refractivity contribution in [3.05, 3.63) is 71.7 Å². The van der Waals surface area contributed by atoms with Crippen molar-refractivity contribution in [2.45, 2.75) is 43.9 Å². The number of pyridine rings is 1. The van der Waals surface area contributed by atoms with Gasteiger partial charge in [0.25, 0.3) is 5.56 Å². The molecule has 4 aromatic rings. The number of fused-ring (bicyclic) bond motifs is 1. The second-order valence-corrected chi connectivity index (χ2v) is 12.2. The van der Waals surface area contributed by atoms with E-state index >= 15 is 0 Å². The van der Waals surface area contributed by atoms with Crippen molar-refractivity contribution >= 4 is 34.2 Å². The molecular weight excluding hydrogens is 528 g/mol. The highest BCUT2D eigenvalue weighted by molar-refractivity contribution is 5.77. The molecule has 0 saturated carbocycles. The number of hydrogen-bond acceptors (Lipinski definition) is 9. The molecule has 2 N–H and O–H groups in total. The molecule has 4 aliphatic rings. The smallest absolute Gasteiger partial charge is 0.278 e. The lowest BCUT2D eigenvalue weighted by atomic mass is 9.64. The number of piperazine rings is 2. The standard InChI is InChI=1S/C31H36N10O/c1-3-13-39-29(42)25-18-33-30(36-28(25)41(39)27-6-4-5-26(35-27)37-14-11-32-12-15-37)34-21-7-9-22(10-8-21)38-19-23-16-31(2)17-24(20-38)40(23)31/h3-10,18,23-24,32H,1,11-17,19-20H2,2H3,(H,33,34,36). The van der Waals surface area contributed by atoms with Gasteiger partial charge in [-0.25, -0.2) is 19.3 Å². The van der Waals surface area contributed by atoms with E-state index in [9.17, 15) is 4.79 Å². The minimum Gasteiger partial charge on any atom is -0.368 e. The van der Waals surface area contributed by atoms with Crippen LogP contribution in [0.1, 0.15) is 19.8 Å². The summed E-state index contributed by atoms with van der Waals surface area (Å²) >= 11 is 0. The Balaban J connectivity index is 1.08. The summed E-state index contributed by atoms with van der Waals surface area (Å²) in [6.07, 6.45) is 5.94. The van der Waals surface area contributed by atoms with Gasteiger partial charge in [-0.1, -0.05) is 12.1 Å². The topological polar surface area (TPSA) is 99.4 Å². The van der Waals surface area contributed by atoms with Gasteiger partial charge >= 0.3 is 0 Å². The molecule has 0 spiro atoms. The van der Waals surface area contributed by atoms with E-state index in [1.165, 1.54) is 18.5 Å². The molecule has 42 heavy (non-hydrogen) atoms. The first-order valence-electron chi connectivity index (χ1n) is 14.9. The number of piperidine rings is 1. The third-order valence-electron chi connectivity index (χ3n) is 9.47. The van der Waals surface area contributed by atoms with Crippen molar-refractivity contribution in [3.63, 3.8) is 0 Å². The summed E-state index contributed by atoms with van der Waals surface area (Å²) in [5.41, 5.74) is 2.97. The van der Waals surface area contributed by atoms with Crippen LogP contribution in [0.25, 0.3) is 16.9 Å². The van der Waals surface area contributed by atoms with Crippen molar-refractivity contribution in [1.82, 2.24) is 34.5 Å². The molecule has 7 heterocycles. The summed E-state index contributed by atoms with van der Waals surface area (Å²) < 4.78 is 3.40. The third kappa shape index (κ3) is 4.02. The lowest BCUT2D eigenvalue weighted by molar-refractivity contribution is -0.194. The Labute approximate surface area is 244 Å². The highest BCUT2D eigenvalue weighted by atomic mass is 16.1. The maximum absolute atomic E-state index is 13.4. The molecule has 216 valence electrons. The second-order valence-electron chi connectivity index (χ2n) is 12.2. The van der Waals surface area contributed by atoms with Gasteiger partial charge in [0, 0.05) is 74.5 Å². The van der Waals surface area contributed by atoms with Gasteiger partial charge in [0.2, 0.25) is 5.95 Å². The van der Waals surface area contributed by atoms with Crippen LogP contribution >= 0.6 is 0 Å². The van der Waals surface area contributed by atoms with Crippen LogP contribution in [-0.2, 0) is 6.54 Å². The van der Waals surface area contributed by atoms with E-state index in [1.54, 1.807) is 21.6 Å². The molecule has 11 heteroatoms. The summed E-state index contributed by atoms with van der Waals surface area (Å²) in [6.45, 7) is 12.4. The number of hydrogen-bond donors (Lipinski definition) is 2. The summed E-state index contributed by atoms with van der Waals surface area (Å²) in [6, 6.07) is 15.8. The molecule has 0 aliphatic carbocycles. The molecule has 11 nitrogen and oxygen atoms in total. The van der Waals surface area contributed by atoms with Gasteiger partial charge in [-0.3, -0.25) is 9.69 Å². The highest BCUT2D eigenvalue weighted by Gasteiger charge is 2.62. The van der Waals surface area contributed by atoms with Crippen molar-refractivity contribution < 1.29 is 0 Å². The Morgan fingerprint density at radius 1 is 1.02 bits per heavy atom. The van der Waals surface area contributed by atoms with E-state index < -0.39 is 0 Å². The summed E-state index contributed by atoms with van der Waals surface area (Å²) in [4.78, 5) is 35.2. The van der Waals surface area contributed by atoms with Crippen LogP contribution in [0.3, 0.4) is 0 Å². The van der Waals surface area contributed by atoms with Crippen LogP contribution in [-0.4, -0.2) is 86.1 Å². The number of anilines is 4. The van der Waals surface area contributed by atoms with Gasteiger partial charge in [0.1, 0.15) is 11.2 Å². The Morgan fingerprint density at radius 2 is 1.76 bits per heavy atom. The Hall–Kier alpha value is -4.22. The molecule has 4 aliphatic heterocycles. The highest BCUT2D eigenvalue weighted by Crippen LogP contribution is 2.53. The van der Waals surface area contributed by atoms with Crippen molar-refractivity contribution in [2.75, 3.05) is 54.4 Å². The van der Waals surface area contributed by atoms with Crippen molar-refractivity contribution in [2.24, 2.45) is 0 Å². The first kappa shape index (κ1) is 25.5. The van der Waals surface area contributed by atoms with Gasteiger partial charge < -0.3 is 20.4 Å². The monoisotopic (exact) mass is 564 g/mol. The molecule has 4 fully saturated rings. The predicted octanol–water partition coefficient (Wildman–Crippen LogP) is 2.74. The lowest BCUT2D eigenvalue weighted by Gasteiger charge is -2.73. The van der Waals surface area contributed by atoms with Crippen LogP contribution in [0.5, 0.6) is 0 Å². The number of nitrogens with one attached hydrogen (secondary N) is 2. The largest absolute Gasteiger partial charge is 0.368 e. The fourth-order valence-electron chi connectivity index (χ4n) is 7.65. The number of benzene rings is 1. The zero-order chi connectivity index (χ0) is 28.4.